The van der Waals surface area contributed by atoms with Gasteiger partial charge in [-0.15, -0.1) is 0 Å². The van der Waals surface area contributed by atoms with Crippen LogP contribution >= 0.6 is 11.6 Å². The third-order valence-corrected chi connectivity index (χ3v) is 4.03. The van der Waals surface area contributed by atoms with E-state index in [1.54, 1.807) is 31.4 Å². The molecule has 0 N–H and O–H groups in total. The van der Waals surface area contributed by atoms with Gasteiger partial charge in [-0.1, -0.05) is 29.8 Å². The second-order valence-corrected chi connectivity index (χ2v) is 5.98. The Balaban J connectivity index is 2.28. The highest BCUT2D eigenvalue weighted by Crippen LogP contribution is 2.21. The standard InChI is InChI=1S/C19H20ClNO4/c1-13-4-7-15(10-17(13)24-2)19(23)21(12-18(22)25-3)11-14-5-8-16(20)9-6-14/h4-10H,11-12H2,1-3H3. The molecule has 2 aromatic rings. The summed E-state index contributed by atoms with van der Waals surface area (Å²) >= 11 is 5.89. The van der Waals surface area contributed by atoms with E-state index in [9.17, 15) is 9.59 Å². The molecule has 0 aliphatic rings. The van der Waals surface area contributed by atoms with E-state index in [0.717, 1.165) is 11.1 Å². The van der Waals surface area contributed by atoms with E-state index in [2.05, 4.69) is 0 Å². The van der Waals surface area contributed by atoms with Crippen LogP contribution in [0.1, 0.15) is 21.5 Å². The quantitative estimate of drug-likeness (QED) is 0.739. The molecular weight excluding hydrogens is 342 g/mol. The molecule has 0 atom stereocenters. The number of esters is 1. The predicted molar refractivity (Wildman–Crippen MR) is 95.9 cm³/mol. The predicted octanol–water partition coefficient (Wildman–Crippen LogP) is 3.47. The van der Waals surface area contributed by atoms with E-state index in [1.807, 2.05) is 25.1 Å². The van der Waals surface area contributed by atoms with Crippen LogP contribution in [0.2, 0.25) is 5.02 Å². The molecular formula is C19H20ClNO4. The summed E-state index contributed by atoms with van der Waals surface area (Å²) in [7, 11) is 2.85. The van der Waals surface area contributed by atoms with E-state index in [0.29, 0.717) is 16.3 Å². The molecule has 0 fully saturated rings. The van der Waals surface area contributed by atoms with Crippen LogP contribution in [0.5, 0.6) is 5.75 Å². The van der Waals surface area contributed by atoms with Crippen molar-refractivity contribution in [1.29, 1.82) is 0 Å². The number of hydrogen-bond donors (Lipinski definition) is 0. The van der Waals surface area contributed by atoms with Crippen molar-refractivity contribution in [3.05, 3.63) is 64.2 Å². The van der Waals surface area contributed by atoms with Crippen LogP contribution in [0.3, 0.4) is 0 Å². The average molecular weight is 362 g/mol. The molecule has 5 nitrogen and oxygen atoms in total. The van der Waals surface area contributed by atoms with Gasteiger partial charge in [0.15, 0.2) is 0 Å². The molecule has 0 aliphatic heterocycles. The SMILES string of the molecule is COC(=O)CN(Cc1ccc(Cl)cc1)C(=O)c1ccc(C)c(OC)c1. The second-order valence-electron chi connectivity index (χ2n) is 5.55. The van der Waals surface area contributed by atoms with Gasteiger partial charge >= 0.3 is 5.97 Å². The van der Waals surface area contributed by atoms with Crippen molar-refractivity contribution in [3.63, 3.8) is 0 Å². The molecule has 0 radical (unpaired) electrons. The minimum atomic E-state index is -0.485. The Hall–Kier alpha value is -2.53. The normalized spacial score (nSPS) is 10.2. The van der Waals surface area contributed by atoms with E-state index in [1.165, 1.54) is 12.0 Å². The first-order valence-corrected chi connectivity index (χ1v) is 8.07. The molecule has 1 amide bonds. The molecule has 2 rings (SSSR count). The number of aryl methyl sites for hydroxylation is 1. The number of hydrogen-bond acceptors (Lipinski definition) is 4. The van der Waals surface area contributed by atoms with Gasteiger partial charge < -0.3 is 14.4 Å². The highest BCUT2D eigenvalue weighted by atomic mass is 35.5. The molecule has 132 valence electrons. The summed E-state index contributed by atoms with van der Waals surface area (Å²) in [5, 5.41) is 0.609. The zero-order chi connectivity index (χ0) is 18.4. The van der Waals surface area contributed by atoms with Gasteiger partial charge in [0, 0.05) is 17.1 Å². The van der Waals surface area contributed by atoms with Gasteiger partial charge in [-0.25, -0.2) is 0 Å². The molecule has 0 aromatic heterocycles. The number of carbonyl (C=O) groups excluding carboxylic acids is 2. The first-order valence-electron chi connectivity index (χ1n) is 7.69. The van der Waals surface area contributed by atoms with Gasteiger partial charge in [-0.05, 0) is 42.3 Å². The zero-order valence-corrected chi connectivity index (χ0v) is 15.2. The third-order valence-electron chi connectivity index (χ3n) is 3.78. The van der Waals surface area contributed by atoms with Gasteiger partial charge in [0.05, 0.1) is 14.2 Å². The lowest BCUT2D eigenvalue weighted by Gasteiger charge is -2.22. The van der Waals surface area contributed by atoms with Crippen molar-refractivity contribution in [1.82, 2.24) is 4.90 Å². The fourth-order valence-corrected chi connectivity index (χ4v) is 2.49. The Morgan fingerprint density at radius 3 is 2.36 bits per heavy atom. The Morgan fingerprint density at radius 1 is 1.08 bits per heavy atom. The summed E-state index contributed by atoms with van der Waals surface area (Å²) in [4.78, 5) is 26.0. The molecule has 0 bridgehead atoms. The van der Waals surface area contributed by atoms with E-state index in [-0.39, 0.29) is 19.0 Å². The summed E-state index contributed by atoms with van der Waals surface area (Å²) in [6.45, 7) is 2.02. The number of carbonyl (C=O) groups is 2. The number of ether oxygens (including phenoxy) is 2. The van der Waals surface area contributed by atoms with Crippen molar-refractivity contribution in [2.75, 3.05) is 20.8 Å². The molecule has 2 aromatic carbocycles. The van der Waals surface area contributed by atoms with Crippen LogP contribution in [-0.2, 0) is 16.1 Å². The van der Waals surface area contributed by atoms with Crippen molar-refractivity contribution < 1.29 is 19.1 Å². The molecule has 0 spiro atoms. The minimum Gasteiger partial charge on any atom is -0.496 e. The van der Waals surface area contributed by atoms with Gasteiger partial charge in [-0.2, -0.15) is 0 Å². The number of rotatable bonds is 6. The monoisotopic (exact) mass is 361 g/mol. The van der Waals surface area contributed by atoms with Crippen molar-refractivity contribution in [2.24, 2.45) is 0 Å². The van der Waals surface area contributed by atoms with Gasteiger partial charge in [0.2, 0.25) is 0 Å². The number of methoxy groups -OCH3 is 2. The van der Waals surface area contributed by atoms with Crippen molar-refractivity contribution >= 4 is 23.5 Å². The lowest BCUT2D eigenvalue weighted by molar-refractivity contribution is -0.141. The molecule has 25 heavy (non-hydrogen) atoms. The number of benzene rings is 2. The third kappa shape index (κ3) is 4.97. The summed E-state index contributed by atoms with van der Waals surface area (Å²) in [6, 6.07) is 12.3. The fourth-order valence-electron chi connectivity index (χ4n) is 2.37. The maximum absolute atomic E-state index is 12.9. The summed E-state index contributed by atoms with van der Waals surface area (Å²) in [5.74, 6) is -0.143. The summed E-state index contributed by atoms with van der Waals surface area (Å²) in [5.41, 5.74) is 2.23. The van der Waals surface area contributed by atoms with Crippen molar-refractivity contribution in [2.45, 2.75) is 13.5 Å². The lowest BCUT2D eigenvalue weighted by atomic mass is 10.1. The Bertz CT molecular complexity index is 759. The van der Waals surface area contributed by atoms with Crippen LogP contribution in [0.25, 0.3) is 0 Å². The molecule has 0 saturated heterocycles. The number of nitrogens with zero attached hydrogens (tertiary/aromatic N) is 1. The van der Waals surface area contributed by atoms with Gasteiger partial charge in [-0.3, -0.25) is 9.59 Å². The summed E-state index contributed by atoms with van der Waals surface area (Å²) in [6.07, 6.45) is 0. The Labute approximate surface area is 152 Å². The summed E-state index contributed by atoms with van der Waals surface area (Å²) < 4.78 is 9.98. The zero-order valence-electron chi connectivity index (χ0n) is 14.4. The maximum atomic E-state index is 12.9. The Kier molecular flexibility index (Phi) is 6.42. The number of amides is 1. The lowest BCUT2D eigenvalue weighted by Crippen LogP contribution is -2.35. The first kappa shape index (κ1) is 18.8. The molecule has 6 heteroatoms. The largest absolute Gasteiger partial charge is 0.496 e. The van der Waals surface area contributed by atoms with Gasteiger partial charge in [0.25, 0.3) is 5.91 Å². The maximum Gasteiger partial charge on any atom is 0.325 e. The van der Waals surface area contributed by atoms with Crippen LogP contribution in [-0.4, -0.2) is 37.5 Å². The minimum absolute atomic E-state index is 0.145. The van der Waals surface area contributed by atoms with Crippen LogP contribution in [0, 0.1) is 6.92 Å². The molecule has 0 saturated carbocycles. The highest BCUT2D eigenvalue weighted by molar-refractivity contribution is 6.30. The van der Waals surface area contributed by atoms with Crippen LogP contribution in [0.15, 0.2) is 42.5 Å². The molecule has 0 heterocycles. The highest BCUT2D eigenvalue weighted by Gasteiger charge is 2.20. The van der Waals surface area contributed by atoms with Crippen LogP contribution < -0.4 is 4.74 Å². The van der Waals surface area contributed by atoms with Crippen LogP contribution in [0.4, 0.5) is 0 Å². The van der Waals surface area contributed by atoms with Crippen molar-refractivity contribution in [3.8, 4) is 5.75 Å². The smallest absolute Gasteiger partial charge is 0.325 e. The topological polar surface area (TPSA) is 55.8 Å². The molecule has 0 unspecified atom stereocenters. The van der Waals surface area contributed by atoms with E-state index >= 15 is 0 Å². The fraction of sp³-hybridized carbons (Fsp3) is 0.263. The molecule has 0 aliphatic carbocycles. The van der Waals surface area contributed by atoms with E-state index < -0.39 is 5.97 Å². The average Bonchev–Trinajstić information content (AvgIpc) is 2.62. The first-order chi connectivity index (χ1) is 11.9. The van der Waals surface area contributed by atoms with Gasteiger partial charge in [0.1, 0.15) is 12.3 Å². The Morgan fingerprint density at radius 2 is 1.76 bits per heavy atom. The number of halogens is 1. The second kappa shape index (κ2) is 8.53. The van der Waals surface area contributed by atoms with E-state index in [4.69, 9.17) is 21.1 Å².